The number of hydrogen-bond acceptors (Lipinski definition) is 6. The zero-order chi connectivity index (χ0) is 24.1. The summed E-state index contributed by atoms with van der Waals surface area (Å²) in [6, 6.07) is 13.8. The number of halogens is 1. The van der Waals surface area contributed by atoms with Crippen molar-refractivity contribution in [2.24, 2.45) is 0 Å². The third kappa shape index (κ3) is 5.62. The fourth-order valence-corrected chi connectivity index (χ4v) is 4.79. The number of carbonyl (C=O) groups excluding carboxylic acids is 2. The van der Waals surface area contributed by atoms with Crippen molar-refractivity contribution in [2.75, 3.05) is 26.0 Å². The molecule has 0 spiro atoms. The van der Waals surface area contributed by atoms with Crippen LogP contribution in [-0.4, -0.2) is 52.7 Å². The zero-order valence-corrected chi connectivity index (χ0v) is 20.0. The molecule has 0 N–H and O–H groups in total. The Labute approximate surface area is 202 Å². The first kappa shape index (κ1) is 23.9. The van der Waals surface area contributed by atoms with E-state index in [-0.39, 0.29) is 29.4 Å². The molecule has 6 nitrogen and oxygen atoms in total. The Kier molecular flexibility index (Phi) is 7.57. The average Bonchev–Trinajstić information content (AvgIpc) is 2.87. The van der Waals surface area contributed by atoms with Crippen molar-refractivity contribution in [3.8, 4) is 11.1 Å². The molecule has 0 unspecified atom stereocenters. The Morgan fingerprint density at radius 1 is 1.21 bits per heavy atom. The van der Waals surface area contributed by atoms with Crippen LogP contribution in [0.15, 0.2) is 59.9 Å². The van der Waals surface area contributed by atoms with Crippen molar-refractivity contribution < 1.29 is 18.7 Å². The van der Waals surface area contributed by atoms with Crippen molar-refractivity contribution in [2.45, 2.75) is 30.8 Å². The average molecular weight is 480 g/mol. The van der Waals surface area contributed by atoms with Gasteiger partial charge >= 0.3 is 5.97 Å². The van der Waals surface area contributed by atoms with Crippen molar-refractivity contribution in [3.05, 3.63) is 77.4 Å². The molecule has 0 radical (unpaired) electrons. The third-order valence-electron chi connectivity index (χ3n) is 5.86. The number of esters is 1. The molecule has 2 aromatic carbocycles. The van der Waals surface area contributed by atoms with Gasteiger partial charge in [-0.15, -0.1) is 0 Å². The number of nitrogens with zero attached hydrogens (tertiary/aromatic N) is 3. The minimum atomic E-state index is -0.356. The molecule has 1 aromatic heterocycles. The van der Waals surface area contributed by atoms with Gasteiger partial charge in [0.15, 0.2) is 5.16 Å². The standard InChI is InChI=1S/C26H26FN3O3S/c1-17-5-3-6-19(13-17)25(32)30-12-4-7-20(15-30)24-22(18-8-10-21(27)11-9-18)14-28-26(29-24)34-16-23(31)33-2/h3,5-6,8-11,13-14,20H,4,7,12,15-16H2,1-2H3/t20-/m0/s1. The van der Waals surface area contributed by atoms with Gasteiger partial charge in [0.25, 0.3) is 5.91 Å². The number of amides is 1. The van der Waals surface area contributed by atoms with Gasteiger partial charge in [-0.1, -0.05) is 41.6 Å². The quantitative estimate of drug-likeness (QED) is 0.285. The summed E-state index contributed by atoms with van der Waals surface area (Å²) in [5.74, 6) is -0.572. The third-order valence-corrected chi connectivity index (χ3v) is 6.69. The van der Waals surface area contributed by atoms with Crippen molar-refractivity contribution >= 4 is 23.6 Å². The van der Waals surface area contributed by atoms with Crippen LogP contribution in [0.3, 0.4) is 0 Å². The van der Waals surface area contributed by atoms with Crippen LogP contribution < -0.4 is 0 Å². The second-order valence-corrected chi connectivity index (χ2v) is 9.23. The Bertz CT molecular complexity index is 1190. The van der Waals surface area contributed by atoms with E-state index in [9.17, 15) is 14.0 Å². The topological polar surface area (TPSA) is 72.4 Å². The smallest absolute Gasteiger partial charge is 0.316 e. The predicted molar refractivity (Wildman–Crippen MR) is 129 cm³/mol. The molecule has 176 valence electrons. The van der Waals surface area contributed by atoms with E-state index in [1.807, 2.05) is 36.1 Å². The maximum Gasteiger partial charge on any atom is 0.316 e. The Balaban J connectivity index is 1.64. The first-order chi connectivity index (χ1) is 16.4. The molecule has 1 aliphatic heterocycles. The Morgan fingerprint density at radius 3 is 2.74 bits per heavy atom. The van der Waals surface area contributed by atoms with E-state index in [0.29, 0.717) is 23.8 Å². The lowest BCUT2D eigenvalue weighted by molar-refractivity contribution is -0.137. The van der Waals surface area contributed by atoms with Crippen molar-refractivity contribution in [1.82, 2.24) is 14.9 Å². The number of carbonyl (C=O) groups is 2. The molecule has 34 heavy (non-hydrogen) atoms. The molecule has 2 heterocycles. The van der Waals surface area contributed by atoms with Gasteiger partial charge in [0.2, 0.25) is 0 Å². The number of thioether (sulfide) groups is 1. The highest BCUT2D eigenvalue weighted by Crippen LogP contribution is 2.34. The highest BCUT2D eigenvalue weighted by atomic mass is 32.2. The fraction of sp³-hybridized carbons (Fsp3) is 0.308. The summed E-state index contributed by atoms with van der Waals surface area (Å²) in [6.07, 6.45) is 3.43. The summed E-state index contributed by atoms with van der Waals surface area (Å²) in [5, 5.41) is 0.466. The first-order valence-electron chi connectivity index (χ1n) is 11.1. The minimum Gasteiger partial charge on any atom is -0.468 e. The molecule has 1 atom stereocenters. The summed E-state index contributed by atoms with van der Waals surface area (Å²) in [7, 11) is 1.34. The lowest BCUT2D eigenvalue weighted by Gasteiger charge is -2.33. The number of methoxy groups -OCH3 is 1. The van der Waals surface area contributed by atoms with E-state index in [2.05, 4.69) is 4.98 Å². The first-order valence-corrected chi connectivity index (χ1v) is 12.1. The van der Waals surface area contributed by atoms with Gasteiger partial charge < -0.3 is 9.64 Å². The minimum absolute atomic E-state index is 0.00563. The Hall–Kier alpha value is -3.26. The van der Waals surface area contributed by atoms with Gasteiger partial charge in [-0.2, -0.15) is 0 Å². The number of piperidine rings is 1. The number of aryl methyl sites for hydroxylation is 1. The highest BCUT2D eigenvalue weighted by molar-refractivity contribution is 7.99. The second kappa shape index (κ2) is 10.8. The lowest BCUT2D eigenvalue weighted by Crippen LogP contribution is -2.39. The monoisotopic (exact) mass is 479 g/mol. The molecule has 0 bridgehead atoms. The van der Waals surface area contributed by atoms with Crippen LogP contribution in [-0.2, 0) is 9.53 Å². The SMILES string of the molecule is COC(=O)CSc1ncc(-c2ccc(F)cc2)c([C@H]2CCCN(C(=O)c3cccc(C)c3)C2)n1. The largest absolute Gasteiger partial charge is 0.468 e. The van der Waals surface area contributed by atoms with Crippen LogP contribution in [0, 0.1) is 12.7 Å². The molecular weight excluding hydrogens is 453 g/mol. The fourth-order valence-electron chi connectivity index (χ4n) is 4.14. The van der Waals surface area contributed by atoms with Crippen molar-refractivity contribution in [3.63, 3.8) is 0 Å². The van der Waals surface area contributed by atoms with Gasteiger partial charge in [0, 0.05) is 36.3 Å². The molecule has 1 saturated heterocycles. The molecule has 8 heteroatoms. The van der Waals surface area contributed by atoms with Gasteiger partial charge in [-0.05, 0) is 49.6 Å². The molecular formula is C26H26FN3O3S. The number of aromatic nitrogens is 2. The summed E-state index contributed by atoms with van der Waals surface area (Å²) in [5.41, 5.74) is 4.13. The van der Waals surface area contributed by atoms with Gasteiger partial charge in [-0.3, -0.25) is 9.59 Å². The van der Waals surface area contributed by atoms with E-state index in [0.717, 1.165) is 35.2 Å². The maximum absolute atomic E-state index is 13.5. The van der Waals surface area contributed by atoms with Crippen LogP contribution in [0.25, 0.3) is 11.1 Å². The van der Waals surface area contributed by atoms with E-state index in [1.165, 1.54) is 31.0 Å². The van der Waals surface area contributed by atoms with Crippen molar-refractivity contribution in [1.29, 1.82) is 0 Å². The number of rotatable bonds is 6. The predicted octanol–water partition coefficient (Wildman–Crippen LogP) is 4.88. The summed E-state index contributed by atoms with van der Waals surface area (Å²) in [4.78, 5) is 35.9. The van der Waals surface area contributed by atoms with Gasteiger partial charge in [0.05, 0.1) is 18.6 Å². The van der Waals surface area contributed by atoms with E-state index in [4.69, 9.17) is 9.72 Å². The molecule has 1 aliphatic rings. The van der Waals surface area contributed by atoms with E-state index >= 15 is 0 Å². The highest BCUT2D eigenvalue weighted by Gasteiger charge is 2.29. The van der Waals surface area contributed by atoms with Gasteiger partial charge in [-0.25, -0.2) is 14.4 Å². The molecule has 1 amide bonds. The molecule has 3 aromatic rings. The van der Waals surface area contributed by atoms with Gasteiger partial charge in [0.1, 0.15) is 5.82 Å². The van der Waals surface area contributed by atoms with Crippen LogP contribution in [0.1, 0.15) is 40.4 Å². The summed E-state index contributed by atoms with van der Waals surface area (Å²) < 4.78 is 18.3. The molecule has 1 fully saturated rings. The van der Waals surface area contributed by atoms with Crippen LogP contribution in [0.5, 0.6) is 0 Å². The van der Waals surface area contributed by atoms with Crippen LogP contribution in [0.4, 0.5) is 4.39 Å². The zero-order valence-electron chi connectivity index (χ0n) is 19.2. The molecule has 0 saturated carbocycles. The lowest BCUT2D eigenvalue weighted by atomic mass is 9.89. The van der Waals surface area contributed by atoms with E-state index in [1.54, 1.807) is 18.3 Å². The molecule has 0 aliphatic carbocycles. The Morgan fingerprint density at radius 2 is 2.00 bits per heavy atom. The van der Waals surface area contributed by atoms with E-state index < -0.39 is 0 Å². The summed E-state index contributed by atoms with van der Waals surface area (Å²) >= 11 is 1.21. The number of likely N-dealkylation sites (tertiary alicyclic amines) is 1. The maximum atomic E-state index is 13.5. The van der Waals surface area contributed by atoms with Crippen LogP contribution >= 0.6 is 11.8 Å². The van der Waals surface area contributed by atoms with Crippen LogP contribution in [0.2, 0.25) is 0 Å². The number of hydrogen-bond donors (Lipinski definition) is 0. The number of benzene rings is 2. The second-order valence-electron chi connectivity index (χ2n) is 8.28. The molecule has 4 rings (SSSR count). The number of ether oxygens (including phenoxy) is 1. The summed E-state index contributed by atoms with van der Waals surface area (Å²) in [6.45, 7) is 3.18. The normalized spacial score (nSPS) is 15.7.